The largest absolute Gasteiger partial charge is 0.340 e. The van der Waals surface area contributed by atoms with Crippen LogP contribution in [0.2, 0.25) is 0 Å². The van der Waals surface area contributed by atoms with Crippen molar-refractivity contribution in [3.05, 3.63) is 96.6 Å². The molecule has 2 heterocycles. The quantitative estimate of drug-likeness (QED) is 0.137. The zero-order valence-electron chi connectivity index (χ0n) is 23.5. The summed E-state index contributed by atoms with van der Waals surface area (Å²) >= 11 is 1.78. The van der Waals surface area contributed by atoms with E-state index in [0.717, 1.165) is 80.7 Å². The van der Waals surface area contributed by atoms with Gasteiger partial charge in [-0.15, -0.1) is 0 Å². The zero-order chi connectivity index (χ0) is 27.6. The molecule has 0 radical (unpaired) electrons. The Kier molecular flexibility index (Phi) is 10.1. The van der Waals surface area contributed by atoms with Crippen molar-refractivity contribution in [1.29, 1.82) is 0 Å². The van der Waals surface area contributed by atoms with E-state index in [1.165, 1.54) is 16.8 Å². The number of aromatic nitrogens is 2. The Hall–Kier alpha value is -3.35. The molecule has 1 fully saturated rings. The van der Waals surface area contributed by atoms with E-state index in [-0.39, 0.29) is 5.91 Å². The van der Waals surface area contributed by atoms with Crippen molar-refractivity contribution < 1.29 is 4.79 Å². The molecule has 0 N–H and O–H groups in total. The lowest BCUT2D eigenvalue weighted by molar-refractivity contribution is -0.133. The molecule has 1 aliphatic rings. The molecule has 0 aliphatic carbocycles. The Balaban J connectivity index is 1.20. The molecule has 3 aromatic carbocycles. The Labute approximate surface area is 243 Å². The van der Waals surface area contributed by atoms with Crippen LogP contribution in [0.3, 0.4) is 0 Å². The van der Waals surface area contributed by atoms with Crippen molar-refractivity contribution in [3.8, 4) is 22.5 Å². The molecule has 0 unspecified atom stereocenters. The highest BCUT2D eigenvalue weighted by atomic mass is 32.2. The Morgan fingerprint density at radius 1 is 0.800 bits per heavy atom. The van der Waals surface area contributed by atoms with Crippen LogP contribution in [-0.4, -0.2) is 57.2 Å². The fourth-order valence-electron chi connectivity index (χ4n) is 5.29. The fourth-order valence-corrected chi connectivity index (χ4v) is 6.26. The van der Waals surface area contributed by atoms with Gasteiger partial charge < -0.3 is 9.47 Å². The van der Waals surface area contributed by atoms with Crippen LogP contribution < -0.4 is 0 Å². The summed E-state index contributed by atoms with van der Waals surface area (Å²) in [5, 5.41) is 1.05. The summed E-state index contributed by atoms with van der Waals surface area (Å²) in [6.07, 6.45) is 3.69. The first-order chi connectivity index (χ1) is 19.7. The van der Waals surface area contributed by atoms with Crippen LogP contribution in [-0.2, 0) is 17.9 Å². The number of imidazole rings is 1. The molecule has 4 aromatic rings. The predicted molar refractivity (Wildman–Crippen MR) is 166 cm³/mol. The van der Waals surface area contributed by atoms with Gasteiger partial charge in [0.15, 0.2) is 5.16 Å². The second-order valence-corrected chi connectivity index (χ2v) is 11.5. The van der Waals surface area contributed by atoms with Crippen LogP contribution in [0.5, 0.6) is 0 Å². The smallest absolute Gasteiger partial charge is 0.222 e. The topological polar surface area (TPSA) is 41.4 Å². The number of hydrogen-bond acceptors (Lipinski definition) is 4. The van der Waals surface area contributed by atoms with E-state index in [0.29, 0.717) is 6.42 Å². The fraction of sp³-hybridized carbons (Fsp3) is 0.353. The number of carbonyl (C=O) groups excluding carboxylic acids is 1. The summed E-state index contributed by atoms with van der Waals surface area (Å²) in [5.41, 5.74) is 5.89. The maximum Gasteiger partial charge on any atom is 0.222 e. The summed E-state index contributed by atoms with van der Waals surface area (Å²) in [7, 11) is 0. The monoisotopic (exact) mass is 552 g/mol. The molecule has 5 nitrogen and oxygen atoms in total. The normalized spacial score (nSPS) is 14.0. The van der Waals surface area contributed by atoms with Gasteiger partial charge in [0.2, 0.25) is 5.91 Å². The van der Waals surface area contributed by atoms with E-state index in [2.05, 4.69) is 112 Å². The number of benzene rings is 3. The molecule has 208 valence electrons. The molecule has 6 heteroatoms. The third kappa shape index (κ3) is 7.23. The third-order valence-electron chi connectivity index (χ3n) is 7.50. The number of amides is 1. The number of thioether (sulfide) groups is 1. The molecule has 5 rings (SSSR count). The highest BCUT2D eigenvalue weighted by Gasteiger charge is 2.22. The number of piperazine rings is 1. The molecule has 1 saturated heterocycles. The van der Waals surface area contributed by atoms with Gasteiger partial charge in [-0.05, 0) is 18.4 Å². The second-order valence-electron chi connectivity index (χ2n) is 10.4. The molecular weight excluding hydrogens is 512 g/mol. The Bertz CT molecular complexity index is 1330. The molecule has 40 heavy (non-hydrogen) atoms. The third-order valence-corrected chi connectivity index (χ3v) is 8.57. The molecule has 1 aromatic heterocycles. The second kappa shape index (κ2) is 14.3. The minimum absolute atomic E-state index is 0.282. The summed E-state index contributed by atoms with van der Waals surface area (Å²) in [6.45, 7) is 7.65. The Morgan fingerprint density at radius 3 is 2.08 bits per heavy atom. The van der Waals surface area contributed by atoms with Crippen LogP contribution in [0, 0.1) is 0 Å². The van der Waals surface area contributed by atoms with E-state index < -0.39 is 0 Å². The molecule has 1 amide bonds. The summed E-state index contributed by atoms with van der Waals surface area (Å²) < 4.78 is 2.40. The van der Waals surface area contributed by atoms with Crippen molar-refractivity contribution in [1.82, 2.24) is 19.4 Å². The van der Waals surface area contributed by atoms with Gasteiger partial charge in [0.1, 0.15) is 0 Å². The molecule has 0 bridgehead atoms. The minimum atomic E-state index is 0.282. The van der Waals surface area contributed by atoms with Gasteiger partial charge in [-0.3, -0.25) is 9.69 Å². The van der Waals surface area contributed by atoms with Gasteiger partial charge in [0, 0.05) is 62.6 Å². The van der Waals surface area contributed by atoms with Crippen LogP contribution >= 0.6 is 11.8 Å². The average Bonchev–Trinajstić information content (AvgIpc) is 3.38. The SMILES string of the molecule is CCCCn1c(SCCCC(=O)N2CCN(Cc3ccccc3)CC2)nc(-c2ccccc2)c1-c1ccccc1. The lowest BCUT2D eigenvalue weighted by Crippen LogP contribution is -2.48. The number of rotatable bonds is 12. The van der Waals surface area contributed by atoms with E-state index in [9.17, 15) is 4.79 Å². The first-order valence-electron chi connectivity index (χ1n) is 14.6. The zero-order valence-corrected chi connectivity index (χ0v) is 24.4. The Morgan fingerprint density at radius 2 is 1.43 bits per heavy atom. The van der Waals surface area contributed by atoms with Crippen LogP contribution in [0.25, 0.3) is 22.5 Å². The maximum atomic E-state index is 13.0. The standard InChI is InChI=1S/C34H40N4OS/c1-2-3-21-38-33(30-18-11-6-12-19-30)32(29-16-9-5-10-17-29)35-34(38)40-26-13-20-31(39)37-24-22-36(23-25-37)27-28-14-7-4-8-15-28/h4-12,14-19H,2-3,13,20-27H2,1H3. The van der Waals surface area contributed by atoms with E-state index in [1.807, 2.05) is 0 Å². The van der Waals surface area contributed by atoms with Crippen molar-refractivity contribution >= 4 is 17.7 Å². The van der Waals surface area contributed by atoms with Crippen molar-refractivity contribution in [2.24, 2.45) is 0 Å². The van der Waals surface area contributed by atoms with Gasteiger partial charge in [-0.25, -0.2) is 4.98 Å². The van der Waals surface area contributed by atoms with Gasteiger partial charge in [-0.1, -0.05) is 116 Å². The van der Waals surface area contributed by atoms with Crippen LogP contribution in [0.15, 0.2) is 96.2 Å². The maximum absolute atomic E-state index is 13.0. The predicted octanol–water partition coefficient (Wildman–Crippen LogP) is 7.23. The van der Waals surface area contributed by atoms with Gasteiger partial charge in [-0.2, -0.15) is 0 Å². The highest BCUT2D eigenvalue weighted by molar-refractivity contribution is 7.99. The molecule has 0 atom stereocenters. The summed E-state index contributed by atoms with van der Waals surface area (Å²) in [4.78, 5) is 22.7. The number of carbonyl (C=O) groups is 1. The molecule has 1 aliphatic heterocycles. The molecular formula is C34H40N4OS. The summed E-state index contributed by atoms with van der Waals surface area (Å²) in [6, 6.07) is 31.7. The van der Waals surface area contributed by atoms with Crippen LogP contribution in [0.1, 0.15) is 38.2 Å². The number of hydrogen-bond donors (Lipinski definition) is 0. The molecule has 0 saturated carbocycles. The van der Waals surface area contributed by atoms with Crippen molar-refractivity contribution in [2.75, 3.05) is 31.9 Å². The van der Waals surface area contributed by atoms with Crippen molar-refractivity contribution in [3.63, 3.8) is 0 Å². The van der Waals surface area contributed by atoms with Gasteiger partial charge in [0.25, 0.3) is 0 Å². The van der Waals surface area contributed by atoms with Crippen LogP contribution in [0.4, 0.5) is 0 Å². The first-order valence-corrected chi connectivity index (χ1v) is 15.6. The number of nitrogens with zero attached hydrogens (tertiary/aromatic N) is 4. The lowest BCUT2D eigenvalue weighted by atomic mass is 10.0. The van der Waals surface area contributed by atoms with Crippen molar-refractivity contribution in [2.45, 2.75) is 50.9 Å². The number of unbranched alkanes of at least 4 members (excludes halogenated alkanes) is 1. The van der Waals surface area contributed by atoms with Gasteiger partial charge in [0.05, 0.1) is 11.4 Å². The minimum Gasteiger partial charge on any atom is -0.340 e. The highest BCUT2D eigenvalue weighted by Crippen LogP contribution is 2.36. The van der Waals surface area contributed by atoms with E-state index >= 15 is 0 Å². The van der Waals surface area contributed by atoms with E-state index in [4.69, 9.17) is 4.98 Å². The van der Waals surface area contributed by atoms with E-state index in [1.54, 1.807) is 11.8 Å². The molecule has 0 spiro atoms. The van der Waals surface area contributed by atoms with Gasteiger partial charge >= 0.3 is 0 Å². The lowest BCUT2D eigenvalue weighted by Gasteiger charge is -2.34. The summed E-state index contributed by atoms with van der Waals surface area (Å²) in [5.74, 6) is 1.16. The average molecular weight is 553 g/mol. The first kappa shape index (κ1) is 28.2.